The Kier molecular flexibility index (Phi) is 5.67. The van der Waals surface area contributed by atoms with Crippen molar-refractivity contribution in [3.05, 3.63) is 90.7 Å². The second-order valence-corrected chi connectivity index (χ2v) is 7.10. The first-order valence-electron chi connectivity index (χ1n) is 8.96. The van der Waals surface area contributed by atoms with E-state index in [4.69, 9.17) is 0 Å². The Labute approximate surface area is 171 Å². The van der Waals surface area contributed by atoms with Gasteiger partial charge in [-0.25, -0.2) is 4.39 Å². The molecule has 0 saturated carbocycles. The van der Waals surface area contributed by atoms with Crippen LogP contribution in [0.5, 0.6) is 0 Å². The van der Waals surface area contributed by atoms with Crippen molar-refractivity contribution in [2.45, 2.75) is 5.16 Å². The maximum absolute atomic E-state index is 13.7. The van der Waals surface area contributed by atoms with Crippen LogP contribution in [-0.2, 0) is 4.79 Å². The maximum atomic E-state index is 13.7. The molecule has 0 unspecified atom stereocenters. The molecule has 1 aromatic heterocycles. The molecular weight excluding hydrogens is 387 g/mol. The third kappa shape index (κ3) is 4.35. The van der Waals surface area contributed by atoms with Gasteiger partial charge in [0.05, 0.1) is 11.4 Å². The van der Waals surface area contributed by atoms with E-state index in [1.165, 1.54) is 23.9 Å². The Balaban J connectivity index is 1.58. The number of amides is 1. The Morgan fingerprint density at radius 1 is 0.897 bits per heavy atom. The van der Waals surface area contributed by atoms with E-state index in [0.29, 0.717) is 11.0 Å². The standard InChI is InChI=1S/C22H17FN4OS/c23-18-13-7-8-14-19(18)24-20(28)15-29-22-26-25-21(16-9-3-1-4-10-16)27(22)17-11-5-2-6-12-17/h1-14H,15H2,(H,24,28). The summed E-state index contributed by atoms with van der Waals surface area (Å²) in [5.41, 5.74) is 1.98. The number of hydrogen-bond acceptors (Lipinski definition) is 4. The van der Waals surface area contributed by atoms with Gasteiger partial charge in [-0.3, -0.25) is 9.36 Å². The van der Waals surface area contributed by atoms with Crippen molar-refractivity contribution in [1.82, 2.24) is 14.8 Å². The quantitative estimate of drug-likeness (QED) is 0.469. The van der Waals surface area contributed by atoms with Crippen molar-refractivity contribution in [3.63, 3.8) is 0 Å². The molecule has 3 aromatic carbocycles. The highest BCUT2D eigenvalue weighted by Gasteiger charge is 2.17. The molecule has 0 aliphatic rings. The van der Waals surface area contributed by atoms with Gasteiger partial charge >= 0.3 is 0 Å². The van der Waals surface area contributed by atoms with Gasteiger partial charge in [0, 0.05) is 11.3 Å². The molecule has 7 heteroatoms. The molecule has 0 saturated heterocycles. The molecule has 1 N–H and O–H groups in total. The fourth-order valence-corrected chi connectivity index (χ4v) is 3.58. The lowest BCUT2D eigenvalue weighted by molar-refractivity contribution is -0.113. The Morgan fingerprint density at radius 2 is 1.55 bits per heavy atom. The molecule has 1 heterocycles. The zero-order valence-electron chi connectivity index (χ0n) is 15.3. The van der Waals surface area contributed by atoms with E-state index in [2.05, 4.69) is 15.5 Å². The van der Waals surface area contributed by atoms with Crippen molar-refractivity contribution in [3.8, 4) is 17.1 Å². The van der Waals surface area contributed by atoms with Crippen LogP contribution in [0, 0.1) is 5.82 Å². The number of anilines is 1. The number of nitrogens with zero attached hydrogens (tertiary/aromatic N) is 3. The van der Waals surface area contributed by atoms with Gasteiger partial charge in [0.2, 0.25) is 5.91 Å². The monoisotopic (exact) mass is 404 g/mol. The van der Waals surface area contributed by atoms with Gasteiger partial charge in [-0.15, -0.1) is 10.2 Å². The SMILES string of the molecule is O=C(CSc1nnc(-c2ccccc2)n1-c1ccccc1)Nc1ccccc1F. The van der Waals surface area contributed by atoms with Crippen LogP contribution in [0.4, 0.5) is 10.1 Å². The lowest BCUT2D eigenvalue weighted by Gasteiger charge is -2.10. The van der Waals surface area contributed by atoms with Crippen LogP contribution >= 0.6 is 11.8 Å². The molecule has 0 aliphatic carbocycles. The van der Waals surface area contributed by atoms with Gasteiger partial charge in [0.1, 0.15) is 5.82 Å². The molecule has 0 aliphatic heterocycles. The van der Waals surface area contributed by atoms with Crippen LogP contribution < -0.4 is 5.32 Å². The van der Waals surface area contributed by atoms with Crippen LogP contribution in [0.25, 0.3) is 17.1 Å². The minimum Gasteiger partial charge on any atom is -0.323 e. The Morgan fingerprint density at radius 3 is 2.28 bits per heavy atom. The molecule has 144 valence electrons. The summed E-state index contributed by atoms with van der Waals surface area (Å²) in [6.45, 7) is 0. The summed E-state index contributed by atoms with van der Waals surface area (Å²) in [5.74, 6) is -0.0175. The number of aromatic nitrogens is 3. The first kappa shape index (κ1) is 18.9. The Bertz CT molecular complexity index is 1120. The van der Waals surface area contributed by atoms with Crippen LogP contribution in [0.1, 0.15) is 0 Å². The van der Waals surface area contributed by atoms with Crippen LogP contribution in [0.2, 0.25) is 0 Å². The number of carbonyl (C=O) groups excluding carboxylic acids is 1. The van der Waals surface area contributed by atoms with Crippen molar-refractivity contribution >= 4 is 23.4 Å². The van der Waals surface area contributed by atoms with Crippen molar-refractivity contribution in [2.75, 3.05) is 11.1 Å². The van der Waals surface area contributed by atoms with Gasteiger partial charge < -0.3 is 5.32 Å². The number of para-hydroxylation sites is 2. The first-order chi connectivity index (χ1) is 14.2. The summed E-state index contributed by atoms with van der Waals surface area (Å²) in [6.07, 6.45) is 0. The number of rotatable bonds is 6. The number of carbonyl (C=O) groups is 1. The lowest BCUT2D eigenvalue weighted by atomic mass is 10.2. The predicted molar refractivity (Wildman–Crippen MR) is 113 cm³/mol. The number of benzene rings is 3. The molecule has 0 atom stereocenters. The van der Waals surface area contributed by atoms with Gasteiger partial charge in [0.25, 0.3) is 0 Å². The second-order valence-electron chi connectivity index (χ2n) is 6.16. The molecule has 1 amide bonds. The fourth-order valence-electron chi connectivity index (χ4n) is 2.83. The highest BCUT2D eigenvalue weighted by Crippen LogP contribution is 2.28. The number of thioether (sulfide) groups is 1. The molecule has 0 bridgehead atoms. The van der Waals surface area contributed by atoms with Crippen molar-refractivity contribution in [2.24, 2.45) is 0 Å². The third-order valence-corrected chi connectivity index (χ3v) is 5.09. The van der Waals surface area contributed by atoms with E-state index in [1.54, 1.807) is 12.1 Å². The predicted octanol–water partition coefficient (Wildman–Crippen LogP) is 4.80. The molecule has 4 rings (SSSR count). The Hall–Kier alpha value is -3.45. The normalized spacial score (nSPS) is 10.7. The third-order valence-electron chi connectivity index (χ3n) is 4.16. The molecule has 4 aromatic rings. The summed E-state index contributed by atoms with van der Waals surface area (Å²) in [4.78, 5) is 12.3. The average Bonchev–Trinajstić information content (AvgIpc) is 3.19. The topological polar surface area (TPSA) is 59.8 Å². The number of nitrogens with one attached hydrogen (secondary N) is 1. The molecule has 0 radical (unpaired) electrons. The lowest BCUT2D eigenvalue weighted by Crippen LogP contribution is -2.15. The highest BCUT2D eigenvalue weighted by molar-refractivity contribution is 7.99. The first-order valence-corrected chi connectivity index (χ1v) is 9.94. The van der Waals surface area contributed by atoms with Crippen LogP contribution in [0.3, 0.4) is 0 Å². The van der Waals surface area contributed by atoms with E-state index in [-0.39, 0.29) is 17.3 Å². The summed E-state index contributed by atoms with van der Waals surface area (Å²) in [5, 5.41) is 11.8. The largest absolute Gasteiger partial charge is 0.323 e. The zero-order valence-corrected chi connectivity index (χ0v) is 16.1. The molecule has 0 fully saturated rings. The summed E-state index contributed by atoms with van der Waals surface area (Å²) in [7, 11) is 0. The van der Waals surface area contributed by atoms with E-state index < -0.39 is 5.82 Å². The van der Waals surface area contributed by atoms with E-state index >= 15 is 0 Å². The van der Waals surface area contributed by atoms with Gasteiger partial charge in [-0.05, 0) is 24.3 Å². The average molecular weight is 404 g/mol. The zero-order chi connectivity index (χ0) is 20.1. The number of hydrogen-bond donors (Lipinski definition) is 1. The van der Waals surface area contributed by atoms with Gasteiger partial charge in [-0.1, -0.05) is 72.4 Å². The smallest absolute Gasteiger partial charge is 0.234 e. The minimum atomic E-state index is -0.468. The molecule has 29 heavy (non-hydrogen) atoms. The van der Waals surface area contributed by atoms with E-state index in [9.17, 15) is 9.18 Å². The molecule has 0 spiro atoms. The second kappa shape index (κ2) is 8.70. The van der Waals surface area contributed by atoms with Crippen LogP contribution in [-0.4, -0.2) is 26.4 Å². The van der Waals surface area contributed by atoms with Crippen molar-refractivity contribution in [1.29, 1.82) is 0 Å². The van der Waals surface area contributed by atoms with Gasteiger partial charge in [-0.2, -0.15) is 0 Å². The van der Waals surface area contributed by atoms with E-state index in [0.717, 1.165) is 11.3 Å². The minimum absolute atomic E-state index is 0.0775. The molecule has 5 nitrogen and oxygen atoms in total. The summed E-state index contributed by atoms with van der Waals surface area (Å²) in [6, 6.07) is 25.5. The summed E-state index contributed by atoms with van der Waals surface area (Å²) >= 11 is 1.25. The van der Waals surface area contributed by atoms with Crippen LogP contribution in [0.15, 0.2) is 90.1 Å². The molecular formula is C22H17FN4OS. The fraction of sp³-hybridized carbons (Fsp3) is 0.0455. The maximum Gasteiger partial charge on any atom is 0.234 e. The van der Waals surface area contributed by atoms with Crippen molar-refractivity contribution < 1.29 is 9.18 Å². The van der Waals surface area contributed by atoms with Gasteiger partial charge in [0.15, 0.2) is 11.0 Å². The van der Waals surface area contributed by atoms with E-state index in [1.807, 2.05) is 65.2 Å². The summed E-state index contributed by atoms with van der Waals surface area (Å²) < 4.78 is 15.7. The highest BCUT2D eigenvalue weighted by atomic mass is 32.2. The number of halogens is 1.